The van der Waals surface area contributed by atoms with Crippen LogP contribution in [0.5, 0.6) is 0 Å². The number of benzene rings is 1. The third-order valence-corrected chi connectivity index (χ3v) is 2.80. The molecule has 2 heteroatoms. The summed E-state index contributed by atoms with van der Waals surface area (Å²) in [5.41, 5.74) is 2.57. The second-order valence-electron chi connectivity index (χ2n) is 4.03. The van der Waals surface area contributed by atoms with Gasteiger partial charge in [-0.2, -0.15) is 0 Å². The van der Waals surface area contributed by atoms with Crippen LogP contribution in [0.15, 0.2) is 24.3 Å². The molecule has 1 aromatic carbocycles. The van der Waals surface area contributed by atoms with Crippen molar-refractivity contribution >= 4 is 5.69 Å². The van der Waals surface area contributed by atoms with Crippen molar-refractivity contribution in [3.8, 4) is 0 Å². The van der Waals surface area contributed by atoms with Crippen molar-refractivity contribution in [2.45, 2.75) is 20.3 Å². The van der Waals surface area contributed by atoms with Crippen LogP contribution < -0.4 is 10.6 Å². The number of nitrogens with one attached hydrogen (secondary N) is 2. The van der Waals surface area contributed by atoms with Gasteiger partial charge in [0, 0.05) is 12.2 Å². The Bertz CT molecular complexity index is 284. The fourth-order valence-corrected chi connectivity index (χ4v) is 1.68. The van der Waals surface area contributed by atoms with Crippen molar-refractivity contribution in [1.82, 2.24) is 5.32 Å². The highest BCUT2D eigenvalue weighted by Gasteiger charge is 2.04. The van der Waals surface area contributed by atoms with Gasteiger partial charge < -0.3 is 10.6 Å². The highest BCUT2D eigenvalue weighted by molar-refractivity contribution is 5.50. The Kier molecular flexibility index (Phi) is 5.19. The zero-order valence-electron chi connectivity index (χ0n) is 10.0. The van der Waals surface area contributed by atoms with E-state index in [1.165, 1.54) is 17.7 Å². The van der Waals surface area contributed by atoms with Gasteiger partial charge in [0.05, 0.1) is 0 Å². The van der Waals surface area contributed by atoms with Crippen LogP contribution in [0, 0.1) is 12.8 Å². The van der Waals surface area contributed by atoms with Gasteiger partial charge in [-0.3, -0.25) is 0 Å². The van der Waals surface area contributed by atoms with Gasteiger partial charge in [0.15, 0.2) is 0 Å². The van der Waals surface area contributed by atoms with E-state index in [-0.39, 0.29) is 0 Å². The Morgan fingerprint density at radius 2 is 1.93 bits per heavy atom. The molecule has 1 atom stereocenters. The summed E-state index contributed by atoms with van der Waals surface area (Å²) in [7, 11) is 2.01. The first-order valence-corrected chi connectivity index (χ1v) is 5.72. The summed E-state index contributed by atoms with van der Waals surface area (Å²) in [4.78, 5) is 0. The lowest BCUT2D eigenvalue weighted by Gasteiger charge is -2.17. The number of hydrogen-bond acceptors (Lipinski definition) is 2. The molecule has 0 radical (unpaired) electrons. The normalized spacial score (nSPS) is 12.5. The van der Waals surface area contributed by atoms with Crippen LogP contribution in [0.4, 0.5) is 5.69 Å². The molecule has 0 spiro atoms. The second kappa shape index (κ2) is 6.46. The maximum atomic E-state index is 3.51. The van der Waals surface area contributed by atoms with Gasteiger partial charge in [-0.1, -0.05) is 31.5 Å². The van der Waals surface area contributed by atoms with Gasteiger partial charge in [-0.15, -0.1) is 0 Å². The largest absolute Gasteiger partial charge is 0.385 e. The minimum atomic E-state index is 0.703. The molecular formula is C13H22N2. The van der Waals surface area contributed by atoms with Gasteiger partial charge in [0.25, 0.3) is 0 Å². The van der Waals surface area contributed by atoms with E-state index in [1.807, 2.05) is 7.05 Å². The van der Waals surface area contributed by atoms with Crippen LogP contribution in [-0.4, -0.2) is 20.1 Å². The maximum absolute atomic E-state index is 3.51. The second-order valence-corrected chi connectivity index (χ2v) is 4.03. The fraction of sp³-hybridized carbons (Fsp3) is 0.538. The smallest absolute Gasteiger partial charge is 0.0369 e. The van der Waals surface area contributed by atoms with E-state index in [0.717, 1.165) is 13.1 Å². The Balaban J connectivity index is 2.45. The van der Waals surface area contributed by atoms with Crippen LogP contribution in [0.3, 0.4) is 0 Å². The first-order valence-electron chi connectivity index (χ1n) is 5.72. The molecule has 0 saturated heterocycles. The maximum Gasteiger partial charge on any atom is 0.0369 e. The lowest BCUT2D eigenvalue weighted by Crippen LogP contribution is -2.24. The van der Waals surface area contributed by atoms with Gasteiger partial charge in [0.2, 0.25) is 0 Å². The third-order valence-electron chi connectivity index (χ3n) is 2.80. The molecule has 0 aliphatic heterocycles. The van der Waals surface area contributed by atoms with Crippen LogP contribution in [0.25, 0.3) is 0 Å². The molecule has 0 aromatic heterocycles. The number of rotatable bonds is 6. The molecule has 15 heavy (non-hydrogen) atoms. The molecule has 0 aliphatic rings. The number of para-hydroxylation sites is 1. The van der Waals surface area contributed by atoms with E-state index in [0.29, 0.717) is 5.92 Å². The van der Waals surface area contributed by atoms with Crippen molar-refractivity contribution < 1.29 is 0 Å². The molecule has 0 aliphatic carbocycles. The van der Waals surface area contributed by atoms with Gasteiger partial charge >= 0.3 is 0 Å². The topological polar surface area (TPSA) is 24.1 Å². The fourth-order valence-electron chi connectivity index (χ4n) is 1.68. The minimum Gasteiger partial charge on any atom is -0.385 e. The molecule has 1 aromatic rings. The molecule has 0 amide bonds. The molecule has 2 N–H and O–H groups in total. The van der Waals surface area contributed by atoms with E-state index >= 15 is 0 Å². The number of hydrogen-bond donors (Lipinski definition) is 2. The van der Waals surface area contributed by atoms with Crippen LogP contribution in [0.2, 0.25) is 0 Å². The van der Waals surface area contributed by atoms with Crippen molar-refractivity contribution in [1.29, 1.82) is 0 Å². The predicted molar refractivity (Wildman–Crippen MR) is 67.4 cm³/mol. The molecule has 2 nitrogen and oxygen atoms in total. The first kappa shape index (κ1) is 12.1. The lowest BCUT2D eigenvalue weighted by atomic mass is 10.1. The molecule has 84 valence electrons. The third kappa shape index (κ3) is 3.92. The zero-order chi connectivity index (χ0) is 11.1. The van der Waals surface area contributed by atoms with E-state index in [4.69, 9.17) is 0 Å². The Morgan fingerprint density at radius 3 is 2.53 bits per heavy atom. The predicted octanol–water partition coefficient (Wildman–Crippen LogP) is 2.65. The number of aryl methyl sites for hydroxylation is 1. The summed E-state index contributed by atoms with van der Waals surface area (Å²) < 4.78 is 0. The van der Waals surface area contributed by atoms with Crippen molar-refractivity contribution in [2.75, 3.05) is 25.5 Å². The molecule has 1 unspecified atom stereocenters. The highest BCUT2D eigenvalue weighted by Crippen LogP contribution is 2.14. The van der Waals surface area contributed by atoms with E-state index in [9.17, 15) is 0 Å². The molecular weight excluding hydrogens is 184 g/mol. The summed E-state index contributed by atoms with van der Waals surface area (Å²) in [6, 6.07) is 8.43. The SMILES string of the molecule is CCC(CNC)CNc1ccccc1C. The molecule has 0 bridgehead atoms. The van der Waals surface area contributed by atoms with Crippen LogP contribution in [-0.2, 0) is 0 Å². The molecule has 0 heterocycles. The highest BCUT2D eigenvalue weighted by atomic mass is 14.9. The molecule has 0 saturated carbocycles. The first-order chi connectivity index (χ1) is 7.27. The number of anilines is 1. The zero-order valence-corrected chi connectivity index (χ0v) is 10.0. The van der Waals surface area contributed by atoms with E-state index in [2.05, 4.69) is 48.7 Å². The van der Waals surface area contributed by atoms with Gasteiger partial charge in [-0.25, -0.2) is 0 Å². The Hall–Kier alpha value is -1.02. The Labute approximate surface area is 93.1 Å². The Morgan fingerprint density at radius 1 is 1.20 bits per heavy atom. The summed E-state index contributed by atoms with van der Waals surface area (Å²) in [5.74, 6) is 0.703. The van der Waals surface area contributed by atoms with Crippen LogP contribution >= 0.6 is 0 Å². The van der Waals surface area contributed by atoms with Crippen molar-refractivity contribution in [3.05, 3.63) is 29.8 Å². The summed E-state index contributed by atoms with van der Waals surface area (Å²) in [6.07, 6.45) is 1.21. The van der Waals surface area contributed by atoms with E-state index in [1.54, 1.807) is 0 Å². The average molecular weight is 206 g/mol. The average Bonchev–Trinajstić information content (AvgIpc) is 2.26. The van der Waals surface area contributed by atoms with Crippen molar-refractivity contribution in [3.63, 3.8) is 0 Å². The molecule has 1 rings (SSSR count). The summed E-state index contributed by atoms with van der Waals surface area (Å²) >= 11 is 0. The van der Waals surface area contributed by atoms with Crippen molar-refractivity contribution in [2.24, 2.45) is 5.92 Å². The van der Waals surface area contributed by atoms with Gasteiger partial charge in [-0.05, 0) is 38.1 Å². The van der Waals surface area contributed by atoms with Gasteiger partial charge in [0.1, 0.15) is 0 Å². The summed E-state index contributed by atoms with van der Waals surface area (Å²) in [6.45, 7) is 6.50. The monoisotopic (exact) mass is 206 g/mol. The standard InChI is InChI=1S/C13H22N2/c1-4-12(9-14-3)10-15-13-8-6-5-7-11(13)2/h5-8,12,14-15H,4,9-10H2,1-3H3. The van der Waals surface area contributed by atoms with E-state index < -0.39 is 0 Å². The lowest BCUT2D eigenvalue weighted by molar-refractivity contribution is 0.506. The quantitative estimate of drug-likeness (QED) is 0.747. The molecule has 0 fully saturated rings. The summed E-state index contributed by atoms with van der Waals surface area (Å²) in [5, 5.41) is 6.74. The minimum absolute atomic E-state index is 0.703. The van der Waals surface area contributed by atoms with Crippen LogP contribution in [0.1, 0.15) is 18.9 Å².